The van der Waals surface area contributed by atoms with Gasteiger partial charge in [0.2, 0.25) is 0 Å². The van der Waals surface area contributed by atoms with Crippen molar-refractivity contribution in [3.8, 4) is 11.1 Å². The smallest absolute Gasteiger partial charge is 0.145 e. The number of nitrogens with two attached hydrogens (primary N) is 1. The number of rotatable bonds is 6. The Morgan fingerprint density at radius 2 is 1.15 bits per heavy atom. The molecule has 0 fully saturated rings. The highest BCUT2D eigenvalue weighted by molar-refractivity contribution is 6.13. The number of hydrogen-bond donors (Lipinski definition) is 3. The molecular weight excluding hydrogens is 887 g/mol. The molecule has 3 heterocycles. The van der Waals surface area contributed by atoms with Crippen molar-refractivity contribution in [1.82, 2.24) is 5.32 Å². The summed E-state index contributed by atoms with van der Waals surface area (Å²) >= 11 is 0. The third-order valence-corrected chi connectivity index (χ3v) is 13.4. The summed E-state index contributed by atoms with van der Waals surface area (Å²) in [6.07, 6.45) is 12.6. The third kappa shape index (κ3) is 10.5. The van der Waals surface area contributed by atoms with Gasteiger partial charge in [-0.15, -0.1) is 0 Å². The summed E-state index contributed by atoms with van der Waals surface area (Å²) in [6.45, 7) is 16.9. The number of aliphatic imine (C=N–C) groups is 1. The first-order chi connectivity index (χ1) is 35.8. The minimum Gasteiger partial charge on any atom is -0.403 e. The molecule has 4 N–H and O–H groups in total. The first-order valence-electron chi connectivity index (χ1n) is 25.3. The number of fused-ring (bicyclic) bond motifs is 9. The molecule has 5 nitrogen and oxygen atoms in total. The second kappa shape index (κ2) is 24.0. The molecule has 3 atom stereocenters. The summed E-state index contributed by atoms with van der Waals surface area (Å²) in [7, 11) is 0. The Hall–Kier alpha value is -8.67. The van der Waals surface area contributed by atoms with Crippen LogP contribution >= 0.6 is 0 Å². The van der Waals surface area contributed by atoms with Gasteiger partial charge in [-0.3, -0.25) is 4.99 Å². The van der Waals surface area contributed by atoms with Crippen LogP contribution < -0.4 is 21.3 Å². The zero-order chi connectivity index (χ0) is 51.2. The van der Waals surface area contributed by atoms with Gasteiger partial charge in [0.1, 0.15) is 12.3 Å². The average molecular weight is 954 g/mol. The molecule has 0 saturated heterocycles. The molecule has 0 aromatic heterocycles. The second-order valence-corrected chi connectivity index (χ2v) is 18.1. The largest absolute Gasteiger partial charge is 0.403 e. The van der Waals surface area contributed by atoms with Crippen LogP contribution in [-0.2, 0) is 5.41 Å². The SMILES string of the molecule is C/C=C(\C)N.C/C=C\CC.C1=C(c2ccccc2)NC(c2ccccc2)N=C1c1ccccc1.C=CC=C.Cc1cccc2c1-c1ccccc1C21c2ccccc2N2c3c(cccc31)NC2c1ccccc1. The van der Waals surface area contributed by atoms with Crippen molar-refractivity contribution >= 4 is 28.5 Å². The number of allylic oxidation sites excluding steroid dienone is 7. The Labute approximate surface area is 434 Å². The lowest BCUT2D eigenvalue weighted by Crippen LogP contribution is -2.37. The zero-order valence-corrected chi connectivity index (χ0v) is 42.8. The molecule has 364 valence electrons. The van der Waals surface area contributed by atoms with Gasteiger partial charge in [-0.1, -0.05) is 245 Å². The summed E-state index contributed by atoms with van der Waals surface area (Å²) in [4.78, 5) is 7.45. The number of nitrogens with zero attached hydrogens (tertiary/aromatic N) is 2. The van der Waals surface area contributed by atoms with Crippen LogP contribution in [-0.4, -0.2) is 5.71 Å². The molecule has 12 rings (SSSR count). The van der Waals surface area contributed by atoms with E-state index in [1.807, 2.05) is 57.2 Å². The number of anilines is 3. The van der Waals surface area contributed by atoms with Crippen molar-refractivity contribution in [3.05, 3.63) is 312 Å². The Bertz CT molecular complexity index is 3250. The van der Waals surface area contributed by atoms with Crippen molar-refractivity contribution in [1.29, 1.82) is 0 Å². The predicted octanol–water partition coefficient (Wildman–Crippen LogP) is 17.0. The fourth-order valence-corrected chi connectivity index (χ4v) is 10.0. The molecule has 0 radical (unpaired) electrons. The van der Waals surface area contributed by atoms with Gasteiger partial charge in [0, 0.05) is 17.1 Å². The molecule has 1 spiro atoms. The molecule has 8 aromatic carbocycles. The molecule has 1 aliphatic carbocycles. The van der Waals surface area contributed by atoms with E-state index in [1.165, 1.54) is 67.1 Å². The number of nitrogens with one attached hydrogen (secondary N) is 2. The van der Waals surface area contributed by atoms with Gasteiger partial charge in [-0.05, 0) is 114 Å². The van der Waals surface area contributed by atoms with Gasteiger partial charge < -0.3 is 21.3 Å². The topological polar surface area (TPSA) is 65.7 Å². The zero-order valence-electron chi connectivity index (χ0n) is 42.8. The normalized spacial score (nSPS) is 16.9. The van der Waals surface area contributed by atoms with E-state index >= 15 is 0 Å². The fraction of sp³-hybridized carbons (Fsp3) is 0.132. The minimum atomic E-state index is -0.344. The number of aryl methyl sites for hydroxylation is 1. The van der Waals surface area contributed by atoms with Crippen molar-refractivity contribution < 1.29 is 0 Å². The highest BCUT2D eigenvalue weighted by atomic mass is 15.3. The number of hydrogen-bond acceptors (Lipinski definition) is 5. The molecule has 0 saturated carbocycles. The first-order valence-corrected chi connectivity index (χ1v) is 25.3. The van der Waals surface area contributed by atoms with Crippen molar-refractivity contribution in [3.63, 3.8) is 0 Å². The molecule has 73 heavy (non-hydrogen) atoms. The van der Waals surface area contributed by atoms with Crippen LogP contribution in [0.25, 0.3) is 16.8 Å². The fourth-order valence-electron chi connectivity index (χ4n) is 10.0. The number of para-hydroxylation sites is 2. The van der Waals surface area contributed by atoms with E-state index in [1.54, 1.807) is 12.2 Å². The first kappa shape index (κ1) is 50.7. The summed E-state index contributed by atoms with van der Waals surface area (Å²) in [5, 5.41) is 7.42. The average Bonchev–Trinajstić information content (AvgIpc) is 4.02. The maximum Gasteiger partial charge on any atom is 0.145 e. The lowest BCUT2D eigenvalue weighted by atomic mass is 9.64. The molecule has 3 unspecified atom stereocenters. The van der Waals surface area contributed by atoms with E-state index in [0.717, 1.165) is 34.7 Å². The van der Waals surface area contributed by atoms with E-state index in [4.69, 9.17) is 10.7 Å². The summed E-state index contributed by atoms with van der Waals surface area (Å²) in [5.41, 5.74) is 25.8. The van der Waals surface area contributed by atoms with E-state index in [9.17, 15) is 0 Å². The van der Waals surface area contributed by atoms with Crippen LogP contribution in [0.15, 0.2) is 267 Å². The van der Waals surface area contributed by atoms with Gasteiger partial charge in [0.05, 0.1) is 22.5 Å². The molecule has 4 aliphatic rings. The van der Waals surface area contributed by atoms with Gasteiger partial charge in [0.25, 0.3) is 0 Å². The molecule has 0 bridgehead atoms. The van der Waals surface area contributed by atoms with Crippen LogP contribution in [0.3, 0.4) is 0 Å². The highest BCUT2D eigenvalue weighted by Crippen LogP contribution is 2.66. The van der Waals surface area contributed by atoms with Gasteiger partial charge in [-0.2, -0.15) is 0 Å². The lowest BCUT2D eigenvalue weighted by Gasteiger charge is -2.44. The third-order valence-electron chi connectivity index (χ3n) is 13.4. The maximum atomic E-state index is 5.15. The Balaban J connectivity index is 0.000000162. The van der Waals surface area contributed by atoms with E-state index in [-0.39, 0.29) is 17.7 Å². The van der Waals surface area contributed by atoms with Crippen LogP contribution in [0.4, 0.5) is 17.1 Å². The maximum absolute atomic E-state index is 5.15. The van der Waals surface area contributed by atoms with Gasteiger partial charge >= 0.3 is 0 Å². The Morgan fingerprint density at radius 3 is 1.75 bits per heavy atom. The van der Waals surface area contributed by atoms with Crippen LogP contribution in [0.1, 0.15) is 96.5 Å². The van der Waals surface area contributed by atoms with Crippen molar-refractivity contribution in [2.75, 3.05) is 10.2 Å². The summed E-state index contributed by atoms with van der Waals surface area (Å²) in [6, 6.07) is 73.6. The Kier molecular flexibility index (Phi) is 16.6. The van der Waals surface area contributed by atoms with Gasteiger partial charge in [0.15, 0.2) is 0 Å². The standard InChI is InChI=1S/C33H24N2.C22H18N2.C5H10.C4H9N.C4H6/c1-21-11-9-17-26-30(21)23-14-5-6-15-24(23)33(26)25-16-7-8-20-29(25)35-31-27(33)18-10-19-28(31)34-32(35)22-12-3-2-4-13-22;1-4-10-17(11-5-1)20-16-21(18-12-6-2-7-13-18)24-22(23-20)19-14-8-3-9-15-19;1-3-5-4-2;1-3-4(2)5;1-3-4-2/h2-20,32,34H,1H3;1-16,22-23H;3,5H,4H2,1-2H3;3H,5H2,1-2H3;3-4H,1-2H2/b;;5-3-;4-3+;. The van der Waals surface area contributed by atoms with Crippen LogP contribution in [0.5, 0.6) is 0 Å². The molecule has 8 aromatic rings. The summed E-state index contributed by atoms with van der Waals surface area (Å²) < 4.78 is 0. The molecule has 0 amide bonds. The monoisotopic (exact) mass is 954 g/mol. The van der Waals surface area contributed by atoms with E-state index in [2.05, 4.69) is 237 Å². The quantitative estimate of drug-likeness (QED) is 0.115. The van der Waals surface area contributed by atoms with Crippen LogP contribution in [0.2, 0.25) is 0 Å². The van der Waals surface area contributed by atoms with Gasteiger partial charge in [-0.25, -0.2) is 0 Å². The van der Waals surface area contributed by atoms with E-state index in [0.29, 0.717) is 0 Å². The van der Waals surface area contributed by atoms with Crippen molar-refractivity contribution in [2.45, 2.75) is 58.8 Å². The Morgan fingerprint density at radius 1 is 0.616 bits per heavy atom. The summed E-state index contributed by atoms with van der Waals surface area (Å²) in [5.74, 6) is 0. The molecule has 5 heteroatoms. The molecule has 3 aliphatic heterocycles. The van der Waals surface area contributed by atoms with E-state index < -0.39 is 0 Å². The minimum absolute atomic E-state index is 0.0551. The lowest BCUT2D eigenvalue weighted by molar-refractivity contribution is 0.664. The van der Waals surface area contributed by atoms with Crippen LogP contribution in [0, 0.1) is 6.92 Å². The second-order valence-electron chi connectivity index (χ2n) is 18.1. The highest BCUT2D eigenvalue weighted by Gasteiger charge is 2.54. The van der Waals surface area contributed by atoms with Crippen molar-refractivity contribution in [2.24, 2.45) is 10.7 Å². The predicted molar refractivity (Wildman–Crippen MR) is 312 cm³/mol. The molecular formula is C68H67N5. The number of benzene rings is 8.